The van der Waals surface area contributed by atoms with Gasteiger partial charge in [0.2, 0.25) is 5.91 Å². The number of H-pyrrole nitrogens is 1. The Kier molecular flexibility index (Phi) is 5.04. The van der Waals surface area contributed by atoms with Crippen LogP contribution in [0.15, 0.2) is 35.1 Å². The summed E-state index contributed by atoms with van der Waals surface area (Å²) >= 11 is 3.29. The lowest BCUT2D eigenvalue weighted by Gasteiger charge is -2.12. The molecule has 1 atom stereocenters. The quantitative estimate of drug-likeness (QED) is 0.752. The van der Waals surface area contributed by atoms with Crippen molar-refractivity contribution < 1.29 is 9.59 Å². The summed E-state index contributed by atoms with van der Waals surface area (Å²) in [6.07, 6.45) is 1.37. The van der Waals surface area contributed by atoms with E-state index in [-0.39, 0.29) is 24.4 Å². The number of hydrogen-bond acceptors (Lipinski definition) is 4. The largest absolute Gasteiger partial charge is 0.345 e. The fourth-order valence-corrected chi connectivity index (χ4v) is 2.15. The minimum Gasteiger partial charge on any atom is -0.345 e. The third-order valence-corrected chi connectivity index (χ3v) is 3.44. The first-order chi connectivity index (χ1) is 10.1. The molecule has 0 spiro atoms. The SMILES string of the molecule is CC(NC(=O)CNC(=O)c1ccccc1Br)c1ncn[nH]1. The molecular weight excluding hydrogens is 338 g/mol. The Morgan fingerprint density at radius 2 is 2.14 bits per heavy atom. The van der Waals surface area contributed by atoms with Crippen LogP contribution in [0.4, 0.5) is 0 Å². The van der Waals surface area contributed by atoms with E-state index in [0.717, 1.165) is 0 Å². The molecule has 0 saturated carbocycles. The number of amides is 2. The average Bonchev–Trinajstić information content (AvgIpc) is 2.99. The molecule has 0 aliphatic heterocycles. The fourth-order valence-electron chi connectivity index (χ4n) is 1.69. The number of carbonyl (C=O) groups excluding carboxylic acids is 2. The van der Waals surface area contributed by atoms with Crippen molar-refractivity contribution in [2.24, 2.45) is 0 Å². The first-order valence-corrected chi connectivity index (χ1v) is 7.04. The number of halogens is 1. The second-order valence-electron chi connectivity index (χ2n) is 4.32. The number of nitrogens with zero attached hydrogens (tertiary/aromatic N) is 2. The predicted octanol–water partition coefficient (Wildman–Crippen LogP) is 1.17. The highest BCUT2D eigenvalue weighted by Crippen LogP contribution is 2.15. The second kappa shape index (κ2) is 6.98. The van der Waals surface area contributed by atoms with Gasteiger partial charge in [-0.25, -0.2) is 4.98 Å². The summed E-state index contributed by atoms with van der Waals surface area (Å²) in [6.45, 7) is 1.66. The first-order valence-electron chi connectivity index (χ1n) is 6.25. The predicted molar refractivity (Wildman–Crippen MR) is 79.4 cm³/mol. The molecule has 1 unspecified atom stereocenters. The Morgan fingerprint density at radius 3 is 2.81 bits per heavy atom. The third kappa shape index (κ3) is 4.12. The van der Waals surface area contributed by atoms with Crippen LogP contribution in [0.3, 0.4) is 0 Å². The van der Waals surface area contributed by atoms with Gasteiger partial charge in [0.1, 0.15) is 12.2 Å². The summed E-state index contributed by atoms with van der Waals surface area (Å²) < 4.78 is 0.679. The number of rotatable bonds is 5. The van der Waals surface area contributed by atoms with E-state index in [2.05, 4.69) is 41.7 Å². The van der Waals surface area contributed by atoms with Crippen molar-refractivity contribution in [1.82, 2.24) is 25.8 Å². The Labute approximate surface area is 129 Å². The zero-order chi connectivity index (χ0) is 15.2. The van der Waals surface area contributed by atoms with E-state index in [9.17, 15) is 9.59 Å². The highest BCUT2D eigenvalue weighted by Gasteiger charge is 2.14. The second-order valence-corrected chi connectivity index (χ2v) is 5.18. The molecule has 21 heavy (non-hydrogen) atoms. The molecule has 110 valence electrons. The topological polar surface area (TPSA) is 99.8 Å². The molecule has 0 saturated heterocycles. The van der Waals surface area contributed by atoms with Crippen LogP contribution in [0, 0.1) is 0 Å². The van der Waals surface area contributed by atoms with E-state index in [4.69, 9.17) is 0 Å². The van der Waals surface area contributed by atoms with E-state index in [0.29, 0.717) is 15.9 Å². The van der Waals surface area contributed by atoms with Crippen LogP contribution in [0.1, 0.15) is 29.1 Å². The van der Waals surface area contributed by atoms with Crippen molar-refractivity contribution in [1.29, 1.82) is 0 Å². The highest BCUT2D eigenvalue weighted by molar-refractivity contribution is 9.10. The fraction of sp³-hybridized carbons (Fsp3) is 0.231. The number of hydrogen-bond donors (Lipinski definition) is 3. The van der Waals surface area contributed by atoms with Crippen LogP contribution < -0.4 is 10.6 Å². The van der Waals surface area contributed by atoms with Gasteiger partial charge in [0.25, 0.3) is 5.91 Å². The van der Waals surface area contributed by atoms with Crippen molar-refractivity contribution in [2.75, 3.05) is 6.54 Å². The lowest BCUT2D eigenvalue weighted by atomic mass is 10.2. The van der Waals surface area contributed by atoms with Crippen molar-refractivity contribution >= 4 is 27.7 Å². The Balaban J connectivity index is 1.84. The van der Waals surface area contributed by atoms with E-state index < -0.39 is 0 Å². The van der Waals surface area contributed by atoms with Crippen molar-refractivity contribution in [3.05, 3.63) is 46.5 Å². The molecule has 0 aliphatic carbocycles. The van der Waals surface area contributed by atoms with E-state index in [1.54, 1.807) is 25.1 Å². The normalized spacial score (nSPS) is 11.7. The summed E-state index contributed by atoms with van der Waals surface area (Å²) in [5.74, 6) is -0.0651. The molecular formula is C13H14BrN5O2. The molecule has 0 aliphatic rings. The molecule has 1 aromatic heterocycles. The van der Waals surface area contributed by atoms with Crippen LogP contribution >= 0.6 is 15.9 Å². The average molecular weight is 352 g/mol. The van der Waals surface area contributed by atoms with Gasteiger partial charge in [-0.15, -0.1) is 0 Å². The minimum absolute atomic E-state index is 0.112. The monoisotopic (exact) mass is 351 g/mol. The highest BCUT2D eigenvalue weighted by atomic mass is 79.9. The van der Waals surface area contributed by atoms with Gasteiger partial charge in [-0.2, -0.15) is 5.10 Å². The van der Waals surface area contributed by atoms with E-state index in [1.807, 2.05) is 6.07 Å². The smallest absolute Gasteiger partial charge is 0.252 e. The molecule has 3 N–H and O–H groups in total. The number of benzene rings is 1. The van der Waals surface area contributed by atoms with Crippen molar-refractivity contribution in [3.8, 4) is 0 Å². The maximum atomic E-state index is 11.9. The minimum atomic E-state index is -0.315. The van der Waals surface area contributed by atoms with Gasteiger partial charge >= 0.3 is 0 Å². The van der Waals surface area contributed by atoms with Crippen LogP contribution in [0.2, 0.25) is 0 Å². The third-order valence-electron chi connectivity index (χ3n) is 2.75. The van der Waals surface area contributed by atoms with Gasteiger partial charge < -0.3 is 10.6 Å². The summed E-state index contributed by atoms with van der Waals surface area (Å²) in [5.41, 5.74) is 0.480. The lowest BCUT2D eigenvalue weighted by Crippen LogP contribution is -2.38. The molecule has 0 radical (unpaired) electrons. The molecule has 7 nitrogen and oxygen atoms in total. The summed E-state index contributed by atoms with van der Waals surface area (Å²) in [6, 6.07) is 6.70. The number of aromatic amines is 1. The van der Waals surface area contributed by atoms with Crippen LogP contribution in [-0.4, -0.2) is 33.5 Å². The Bertz CT molecular complexity index is 629. The molecule has 0 bridgehead atoms. The molecule has 1 heterocycles. The van der Waals surface area contributed by atoms with Gasteiger partial charge in [-0.05, 0) is 35.0 Å². The van der Waals surface area contributed by atoms with Gasteiger partial charge in [0.05, 0.1) is 18.2 Å². The van der Waals surface area contributed by atoms with Crippen LogP contribution in [0.5, 0.6) is 0 Å². The summed E-state index contributed by atoms with van der Waals surface area (Å²) in [7, 11) is 0. The van der Waals surface area contributed by atoms with E-state index >= 15 is 0 Å². The molecule has 1 aromatic carbocycles. The number of carbonyl (C=O) groups is 2. The number of aromatic nitrogens is 3. The maximum absolute atomic E-state index is 11.9. The Hall–Kier alpha value is -2.22. The molecule has 2 aromatic rings. The summed E-state index contributed by atoms with van der Waals surface area (Å²) in [5, 5.41) is 11.7. The molecule has 0 fully saturated rings. The summed E-state index contributed by atoms with van der Waals surface area (Å²) in [4.78, 5) is 27.7. The first kappa shape index (κ1) is 15.2. The molecule has 2 rings (SSSR count). The molecule has 8 heteroatoms. The van der Waals surface area contributed by atoms with Crippen molar-refractivity contribution in [2.45, 2.75) is 13.0 Å². The maximum Gasteiger partial charge on any atom is 0.252 e. The number of nitrogens with one attached hydrogen (secondary N) is 3. The standard InChI is InChI=1S/C13H14BrN5O2/c1-8(12-16-7-17-19-12)18-11(20)6-15-13(21)9-4-2-3-5-10(9)14/h2-5,7-8H,6H2,1H3,(H,15,21)(H,18,20)(H,16,17,19). The lowest BCUT2D eigenvalue weighted by molar-refractivity contribution is -0.120. The van der Waals surface area contributed by atoms with Crippen LogP contribution in [-0.2, 0) is 4.79 Å². The van der Waals surface area contributed by atoms with E-state index in [1.165, 1.54) is 6.33 Å². The van der Waals surface area contributed by atoms with Gasteiger partial charge in [0, 0.05) is 4.47 Å². The van der Waals surface area contributed by atoms with Gasteiger partial charge in [-0.1, -0.05) is 12.1 Å². The van der Waals surface area contributed by atoms with Gasteiger partial charge in [0.15, 0.2) is 0 Å². The Morgan fingerprint density at radius 1 is 1.38 bits per heavy atom. The molecule has 2 amide bonds. The van der Waals surface area contributed by atoms with Crippen LogP contribution in [0.25, 0.3) is 0 Å². The zero-order valence-corrected chi connectivity index (χ0v) is 12.8. The zero-order valence-electron chi connectivity index (χ0n) is 11.3. The van der Waals surface area contributed by atoms with Gasteiger partial charge in [-0.3, -0.25) is 14.7 Å². The van der Waals surface area contributed by atoms with Crippen molar-refractivity contribution in [3.63, 3.8) is 0 Å².